The molecule has 3 aromatic heterocycles. The molecule has 3 aromatic carbocycles. The number of methoxy groups -OCH3 is 2. The smallest absolute Gasteiger partial charge is 0.360 e. The van der Waals surface area contributed by atoms with Gasteiger partial charge < -0.3 is 85.6 Å². The number of phenolic OH excluding ortho intramolecular Hbond substituents is 1. The number of amides is 5. The second kappa shape index (κ2) is 52.5. The van der Waals surface area contributed by atoms with Crippen LogP contribution in [0.3, 0.4) is 0 Å². The molecule has 2 aliphatic heterocycles. The summed E-state index contributed by atoms with van der Waals surface area (Å²) in [6, 6.07) is 16.2. The fraction of sp³-hybridized carbons (Fsp3) is 0.429. The summed E-state index contributed by atoms with van der Waals surface area (Å²) in [6.07, 6.45) is 17.0. The number of hydrogen-bond donors (Lipinski definition) is 10. The van der Waals surface area contributed by atoms with E-state index in [1.807, 2.05) is 24.3 Å². The van der Waals surface area contributed by atoms with Crippen LogP contribution in [0.15, 0.2) is 191 Å². The number of fused-ring (bicyclic) bond motifs is 5. The number of primary amides is 1. The number of aromatic nitrogens is 3. The Labute approximate surface area is 779 Å². The van der Waals surface area contributed by atoms with Crippen LogP contribution >= 0.6 is 21.6 Å². The van der Waals surface area contributed by atoms with Crippen LogP contribution in [-0.2, 0) is 100 Å². The number of unbranched alkanes of at least 4 members (excludes halogenated alkanes) is 1. The van der Waals surface area contributed by atoms with E-state index in [0.717, 1.165) is 59.2 Å². The molecule has 2 aliphatic rings. The molecule has 7 unspecified atom stereocenters. The van der Waals surface area contributed by atoms with Gasteiger partial charge in [0, 0.05) is 97.5 Å². The maximum Gasteiger partial charge on any atom is 0.360 e. The molecule has 1 fully saturated rings. The van der Waals surface area contributed by atoms with Crippen molar-refractivity contribution in [3.05, 3.63) is 223 Å². The highest BCUT2D eigenvalue weighted by Gasteiger charge is 2.53. The highest BCUT2D eigenvalue weighted by Crippen LogP contribution is 2.39. The molecule has 5 heterocycles. The van der Waals surface area contributed by atoms with Crippen LogP contribution in [-0.4, -0.2) is 200 Å². The predicted octanol–water partition coefficient (Wildman–Crippen LogP) is 10.2. The van der Waals surface area contributed by atoms with Crippen LogP contribution in [0.2, 0.25) is 0 Å². The number of H-pyrrole nitrogens is 1. The Balaban J connectivity index is 1.09. The first-order valence-electron chi connectivity index (χ1n) is 43.9. The summed E-state index contributed by atoms with van der Waals surface area (Å²) < 4.78 is 39.7. The van der Waals surface area contributed by atoms with Gasteiger partial charge in [-0.2, -0.15) is 0 Å². The third-order valence-corrected chi connectivity index (χ3v) is 25.7. The summed E-state index contributed by atoms with van der Waals surface area (Å²) in [5.74, 6) is -18.2. The molecule has 12 N–H and O–H groups in total. The van der Waals surface area contributed by atoms with Crippen molar-refractivity contribution in [1.29, 1.82) is 0 Å². The number of nitrogens with one attached hydrogen (secondary N) is 5. The van der Waals surface area contributed by atoms with Crippen molar-refractivity contribution in [2.24, 2.45) is 51.9 Å². The normalized spacial score (nSPS) is 22.8. The monoisotopic (exact) mass is 1870 g/mol. The number of nitrogens with two attached hydrogens (primary N) is 2. The van der Waals surface area contributed by atoms with Gasteiger partial charge >= 0.3 is 29.8 Å². The average Bonchev–Trinajstić information content (AvgIpc) is 0.974. The van der Waals surface area contributed by atoms with Crippen molar-refractivity contribution >= 4 is 127 Å². The van der Waals surface area contributed by atoms with Gasteiger partial charge in [-0.25, -0.2) is 19.6 Å². The first-order valence-corrected chi connectivity index (χ1v) is 46.4. The molecule has 35 heteroatoms. The van der Waals surface area contributed by atoms with E-state index >= 15 is 19.2 Å². The number of nitrogens with zero attached hydrogens (tertiary/aromatic N) is 2. The van der Waals surface area contributed by atoms with Crippen LogP contribution in [0.1, 0.15) is 169 Å². The van der Waals surface area contributed by atoms with Crippen molar-refractivity contribution in [1.82, 2.24) is 36.2 Å². The second-order valence-electron chi connectivity index (χ2n) is 33.2. The molecule has 5 amide bonds. The molecule has 0 saturated carbocycles. The average molecular weight is 1870 g/mol. The van der Waals surface area contributed by atoms with E-state index in [1.165, 1.54) is 93.7 Å². The van der Waals surface area contributed by atoms with Gasteiger partial charge in [0.15, 0.2) is 34.5 Å². The number of hydrogen-bond acceptors (Lipinski definition) is 29. The summed E-state index contributed by atoms with van der Waals surface area (Å²) >= 11 is 0. The number of carbonyl (C=O) groups is 14. The minimum absolute atomic E-state index is 0.0344. The lowest BCUT2D eigenvalue weighted by molar-refractivity contribution is -0.176. The number of ether oxygens (including phenoxy) is 5. The molecule has 33 nitrogen and oxygen atoms in total. The van der Waals surface area contributed by atoms with Crippen molar-refractivity contribution in [3.63, 3.8) is 0 Å². The molecule has 0 spiro atoms. The van der Waals surface area contributed by atoms with Crippen molar-refractivity contribution < 1.29 is 115 Å². The van der Waals surface area contributed by atoms with Gasteiger partial charge in [0.25, 0.3) is 0 Å². The number of ketones is 4. The molecule has 0 aliphatic carbocycles. The van der Waals surface area contributed by atoms with Crippen LogP contribution in [0.5, 0.6) is 5.75 Å². The van der Waals surface area contributed by atoms with Gasteiger partial charge in [-0.05, 0) is 127 Å². The van der Waals surface area contributed by atoms with Gasteiger partial charge in [0.05, 0.1) is 68.9 Å². The number of esters is 5. The molecule has 8 rings (SSSR count). The van der Waals surface area contributed by atoms with Gasteiger partial charge in [-0.1, -0.05) is 175 Å². The standard InChI is InChI=1S/C98H119N9O24S2/c1-10-29-81(114)97(6,95(123)125-8)83-36-21-14-12-16-23-39-87-104-75(56-128-87)94(122)131-84(37-22-15-13-17-24-38-86-103-74(55-127-86)93(121)130-83)98(7,96(124)126-9)82(30-11-2)129-88(116)45-44-85(115)102-72(47-61-31-19-18-20-32-61)78(111)51-65-57-132-133-58-76(80(113)53-69(60(5)108)89(100)117)107-92(120)68(59(3)4)52-79(112)71(35-27-28-46-99)105-90(118)63(49-64-54-101-70-34-26-25-33-67(64)70)50-77(110)73(106-91(65)119)48-62-40-42-66(109)43-41-62/h10-26,29-34,38-43,54-56,59-60,63,65,68-69,71-73,76,81-84,101,108-109,114H,27-28,35-37,44-53,57-58,99H2,1-9H3,(H2,100,117)(H,102,115)(H,105,118)(H,106,119)(H,107,120)/b16-12+,17-13+,21-14-,22-15-,29-10+,30-11+,38-24+,39-23+/t60?,63-,65-,68-,69+,71-,72+,73+,76+,81?,82?,83?,84?,97?,98?/m0/s1. The molecule has 133 heavy (non-hydrogen) atoms. The summed E-state index contributed by atoms with van der Waals surface area (Å²) in [5.41, 5.74) is 9.47. The van der Waals surface area contributed by atoms with E-state index in [1.54, 1.807) is 113 Å². The van der Waals surface area contributed by atoms with Crippen molar-refractivity contribution in [2.45, 2.75) is 193 Å². The topological polar surface area (TPSA) is 514 Å². The zero-order valence-corrected chi connectivity index (χ0v) is 77.5. The third-order valence-electron chi connectivity index (χ3n) is 23.2. The Morgan fingerprint density at radius 2 is 1.22 bits per heavy atom. The van der Waals surface area contributed by atoms with Crippen LogP contribution in [0, 0.1) is 40.4 Å². The maximum atomic E-state index is 15.6. The lowest BCUT2D eigenvalue weighted by Gasteiger charge is -2.38. The number of aliphatic hydroxyl groups is 2. The molecular weight excluding hydrogens is 1750 g/mol. The minimum Gasteiger partial charge on any atom is -0.508 e. The van der Waals surface area contributed by atoms with Crippen molar-refractivity contribution in [3.8, 4) is 5.75 Å². The molecule has 6 aromatic rings. The maximum absolute atomic E-state index is 15.6. The number of para-hydroxylation sites is 1. The van der Waals surface area contributed by atoms with E-state index in [4.69, 9.17) is 44.0 Å². The Kier molecular flexibility index (Phi) is 41.7. The second-order valence-corrected chi connectivity index (χ2v) is 35.7. The Hall–Kier alpha value is -12.7. The molecule has 4 bridgehead atoms. The first kappa shape index (κ1) is 106. The van der Waals surface area contributed by atoms with Gasteiger partial charge in [0.1, 0.15) is 47.4 Å². The summed E-state index contributed by atoms with van der Waals surface area (Å²) in [7, 11) is 4.20. The highest BCUT2D eigenvalue weighted by atomic mass is 33.1. The number of aromatic amines is 1. The highest BCUT2D eigenvalue weighted by molar-refractivity contribution is 8.76. The van der Waals surface area contributed by atoms with Crippen molar-refractivity contribution in [2.75, 3.05) is 32.3 Å². The van der Waals surface area contributed by atoms with E-state index < -0.39 is 216 Å². The van der Waals surface area contributed by atoms with E-state index in [0.29, 0.717) is 29.5 Å². The number of aromatic hydroxyl groups is 1. The number of rotatable bonds is 32. The summed E-state index contributed by atoms with van der Waals surface area (Å²) in [6.45, 7) is 10.9. The quantitative estimate of drug-likeness (QED) is 0.00617. The number of cyclic esters (lactones) is 2. The fourth-order valence-electron chi connectivity index (χ4n) is 15.1. The fourth-order valence-corrected chi connectivity index (χ4v) is 17.7. The summed E-state index contributed by atoms with van der Waals surface area (Å²) in [5, 5.41) is 44.5. The largest absolute Gasteiger partial charge is 0.508 e. The van der Waals surface area contributed by atoms with Crippen LogP contribution in [0.25, 0.3) is 23.1 Å². The van der Waals surface area contributed by atoms with Crippen LogP contribution < -0.4 is 32.7 Å². The number of carbonyl (C=O) groups excluding carboxylic acids is 14. The zero-order valence-electron chi connectivity index (χ0n) is 75.9. The third kappa shape index (κ3) is 30.9. The number of aliphatic hydroxyl groups excluding tert-OH is 2. The lowest BCUT2D eigenvalue weighted by Crippen LogP contribution is -2.52. The van der Waals surface area contributed by atoms with E-state index in [2.05, 4.69) is 36.2 Å². The SMILES string of the molecule is C/C=C/C(O)C(C)(C(=O)OC)C1C\C=C/C=C/C=C/c2nc(co2)C(=O)OC(C(C)(C(=O)OC)C(/C=C/C)OC(=O)CCC(=O)N[C@H](Cc2ccccc2)C(=O)C[C@H]2CSSC[C@H](C(=O)C[C@@H](C(N)=O)C(C)O)NC(=O)[C@H](C(C)C)CC(=O)[C@H](CCCCN)NC(=O)[C@@H](Cc3c[nH]c4ccccc34)CC(=O)[C@@H](Cc3ccc(O)cc3)NC2=O)C\C=C/C=C/C=C/c2nc(co2)C(=O)O1. The van der Waals surface area contributed by atoms with Gasteiger partial charge in [0.2, 0.25) is 41.3 Å². The number of oxazole rings is 2. The summed E-state index contributed by atoms with van der Waals surface area (Å²) in [4.78, 5) is 216. The number of Topliss-reactive ketones (excluding diaryl/α,β-unsaturated/α-hetero) is 4. The van der Waals surface area contributed by atoms with Gasteiger partial charge in [-0.15, -0.1) is 0 Å². The number of allylic oxidation sites excluding steroid dienone is 10. The molecule has 1 saturated heterocycles. The molecule has 15 atom stereocenters. The molecular formula is C98H119N9O24S2. The number of benzene rings is 3. The van der Waals surface area contributed by atoms with E-state index in [9.17, 15) is 63.3 Å². The lowest BCUT2D eigenvalue weighted by atomic mass is 9.76. The Morgan fingerprint density at radius 1 is 0.647 bits per heavy atom. The predicted molar refractivity (Wildman–Crippen MR) is 498 cm³/mol. The molecule has 712 valence electrons. The minimum atomic E-state index is -2.11. The Bertz CT molecular complexity index is 5280. The van der Waals surface area contributed by atoms with Crippen LogP contribution in [0.4, 0.5) is 0 Å². The number of phenols is 1. The zero-order chi connectivity index (χ0) is 96.9. The molecule has 0 radical (unpaired) electrons. The van der Waals surface area contributed by atoms with Gasteiger partial charge in [-0.3, -0.25) is 57.5 Å². The Morgan fingerprint density at radius 3 is 1.81 bits per heavy atom. The van der Waals surface area contributed by atoms with E-state index in [-0.39, 0.29) is 85.5 Å². The first-order chi connectivity index (χ1) is 63.6.